The quantitative estimate of drug-likeness (QED) is 0.420. The maximum Gasteiger partial charge on any atom is 0.285 e. The monoisotopic (exact) mass is 413 g/mol. The van der Waals surface area contributed by atoms with E-state index in [9.17, 15) is 29.8 Å². The number of carbonyl (C=O) groups is 2. The fourth-order valence-electron chi connectivity index (χ4n) is 2.16. The molecule has 0 spiro atoms. The standard InChI is InChI=1S/C19H19N5O6/c1-19(2,3)18(26)21-14-7-4-12(5-8-14)17(25)22-20-11-13-6-9-15(23(27)28)10-16(13)24(29)30/h4-11H,1-3H3,(H,21,26)(H,22,25)/b20-11-. The molecule has 0 aliphatic heterocycles. The van der Waals surface area contributed by atoms with Gasteiger partial charge in [0.2, 0.25) is 5.91 Å². The van der Waals surface area contributed by atoms with Gasteiger partial charge in [0, 0.05) is 22.7 Å². The molecule has 2 rings (SSSR count). The summed E-state index contributed by atoms with van der Waals surface area (Å²) < 4.78 is 0. The first-order chi connectivity index (χ1) is 14.0. The molecule has 11 heteroatoms. The average Bonchev–Trinajstić information content (AvgIpc) is 2.67. The van der Waals surface area contributed by atoms with E-state index in [2.05, 4.69) is 15.8 Å². The summed E-state index contributed by atoms with van der Waals surface area (Å²) in [6, 6.07) is 9.16. The van der Waals surface area contributed by atoms with E-state index in [1.54, 1.807) is 32.9 Å². The summed E-state index contributed by atoms with van der Waals surface area (Å²) in [5.74, 6) is -0.751. The van der Waals surface area contributed by atoms with Crippen molar-refractivity contribution < 1.29 is 19.4 Å². The minimum atomic E-state index is -0.777. The molecule has 0 aromatic heterocycles. The summed E-state index contributed by atoms with van der Waals surface area (Å²) in [7, 11) is 0. The zero-order valence-electron chi connectivity index (χ0n) is 16.4. The number of nitro benzene ring substituents is 2. The van der Waals surface area contributed by atoms with E-state index in [4.69, 9.17) is 0 Å². The molecule has 0 saturated heterocycles. The Hall–Kier alpha value is -4.15. The summed E-state index contributed by atoms with van der Waals surface area (Å²) in [4.78, 5) is 44.4. The van der Waals surface area contributed by atoms with Crippen LogP contribution in [0.4, 0.5) is 17.1 Å². The Morgan fingerprint density at radius 2 is 1.63 bits per heavy atom. The molecule has 0 heterocycles. The van der Waals surface area contributed by atoms with Crippen LogP contribution >= 0.6 is 0 Å². The van der Waals surface area contributed by atoms with Crippen LogP contribution in [0.5, 0.6) is 0 Å². The summed E-state index contributed by atoms with van der Waals surface area (Å²) in [5, 5.41) is 28.2. The van der Waals surface area contributed by atoms with Gasteiger partial charge in [-0.15, -0.1) is 0 Å². The number of benzene rings is 2. The highest BCUT2D eigenvalue weighted by atomic mass is 16.6. The van der Waals surface area contributed by atoms with Gasteiger partial charge in [-0.1, -0.05) is 20.8 Å². The van der Waals surface area contributed by atoms with E-state index < -0.39 is 32.5 Å². The molecule has 11 nitrogen and oxygen atoms in total. The van der Waals surface area contributed by atoms with Gasteiger partial charge in [-0.2, -0.15) is 5.10 Å². The van der Waals surface area contributed by atoms with Crippen molar-refractivity contribution in [3.8, 4) is 0 Å². The predicted molar refractivity (Wildman–Crippen MR) is 109 cm³/mol. The highest BCUT2D eigenvalue weighted by molar-refractivity contribution is 5.97. The molecule has 0 saturated carbocycles. The Kier molecular flexibility index (Phi) is 6.57. The van der Waals surface area contributed by atoms with Crippen LogP contribution in [-0.2, 0) is 4.79 Å². The van der Waals surface area contributed by atoms with Gasteiger partial charge in [-0.3, -0.25) is 29.8 Å². The predicted octanol–water partition coefficient (Wildman–Crippen LogP) is 3.25. The van der Waals surface area contributed by atoms with Crippen molar-refractivity contribution in [3.63, 3.8) is 0 Å². The third kappa shape index (κ3) is 5.67. The zero-order chi connectivity index (χ0) is 22.5. The van der Waals surface area contributed by atoms with Crippen LogP contribution in [0.15, 0.2) is 47.6 Å². The van der Waals surface area contributed by atoms with E-state index in [0.717, 1.165) is 18.3 Å². The van der Waals surface area contributed by atoms with Crippen molar-refractivity contribution in [1.82, 2.24) is 5.43 Å². The summed E-state index contributed by atoms with van der Waals surface area (Å²) >= 11 is 0. The van der Waals surface area contributed by atoms with Crippen molar-refractivity contribution in [1.29, 1.82) is 0 Å². The molecule has 2 aromatic carbocycles. The van der Waals surface area contributed by atoms with Crippen molar-refractivity contribution in [3.05, 3.63) is 73.8 Å². The number of non-ortho nitro benzene ring substituents is 1. The van der Waals surface area contributed by atoms with Crippen LogP contribution in [-0.4, -0.2) is 27.9 Å². The highest BCUT2D eigenvalue weighted by Gasteiger charge is 2.21. The van der Waals surface area contributed by atoms with E-state index in [1.165, 1.54) is 18.2 Å². The SMILES string of the molecule is CC(C)(C)C(=O)Nc1ccc(C(=O)N/N=C\c2ccc([N+](=O)[O-])cc2[N+](=O)[O-])cc1. The molecule has 0 aliphatic carbocycles. The van der Waals surface area contributed by atoms with Crippen LogP contribution in [0.3, 0.4) is 0 Å². The Morgan fingerprint density at radius 3 is 2.17 bits per heavy atom. The lowest BCUT2D eigenvalue weighted by Gasteiger charge is -2.17. The topological polar surface area (TPSA) is 157 Å². The smallest absolute Gasteiger partial charge is 0.285 e. The van der Waals surface area contributed by atoms with Crippen molar-refractivity contribution in [2.24, 2.45) is 10.5 Å². The molecule has 2 N–H and O–H groups in total. The van der Waals surface area contributed by atoms with Gasteiger partial charge in [0.1, 0.15) is 0 Å². The summed E-state index contributed by atoms with van der Waals surface area (Å²) in [6.07, 6.45) is 1.03. The zero-order valence-corrected chi connectivity index (χ0v) is 16.4. The number of nitrogens with zero attached hydrogens (tertiary/aromatic N) is 3. The van der Waals surface area contributed by atoms with Crippen LogP contribution in [0, 0.1) is 25.6 Å². The van der Waals surface area contributed by atoms with Crippen LogP contribution in [0.1, 0.15) is 36.7 Å². The number of hydrogen-bond acceptors (Lipinski definition) is 7. The van der Waals surface area contributed by atoms with Gasteiger partial charge >= 0.3 is 0 Å². The first kappa shape index (κ1) is 22.1. The largest absolute Gasteiger partial charge is 0.326 e. The maximum absolute atomic E-state index is 12.2. The van der Waals surface area contributed by atoms with E-state index >= 15 is 0 Å². The highest BCUT2D eigenvalue weighted by Crippen LogP contribution is 2.23. The van der Waals surface area contributed by atoms with Crippen molar-refractivity contribution in [2.45, 2.75) is 20.8 Å². The molecule has 0 fully saturated rings. The van der Waals surface area contributed by atoms with Crippen molar-refractivity contribution >= 4 is 35.1 Å². The molecule has 0 unspecified atom stereocenters. The Bertz CT molecular complexity index is 1020. The summed E-state index contributed by atoms with van der Waals surface area (Å²) in [6.45, 7) is 5.33. The molecule has 0 bridgehead atoms. The number of hydrazone groups is 1. The van der Waals surface area contributed by atoms with Gasteiger partial charge in [0.25, 0.3) is 17.3 Å². The third-order valence-electron chi connectivity index (χ3n) is 3.88. The molecule has 0 aliphatic rings. The summed E-state index contributed by atoms with van der Waals surface area (Å²) in [5.41, 5.74) is 1.48. The minimum Gasteiger partial charge on any atom is -0.326 e. The molecule has 0 atom stereocenters. The van der Waals surface area contributed by atoms with Gasteiger partial charge in [0.05, 0.1) is 27.7 Å². The number of hydrogen-bond donors (Lipinski definition) is 2. The number of nitro groups is 2. The van der Waals surface area contributed by atoms with Crippen molar-refractivity contribution in [2.75, 3.05) is 5.32 Å². The average molecular weight is 413 g/mol. The number of amides is 2. The van der Waals surface area contributed by atoms with E-state index in [0.29, 0.717) is 5.69 Å². The molecular weight excluding hydrogens is 394 g/mol. The molecule has 2 amide bonds. The van der Waals surface area contributed by atoms with E-state index in [1.807, 2.05) is 0 Å². The number of carbonyl (C=O) groups excluding carboxylic acids is 2. The first-order valence-electron chi connectivity index (χ1n) is 8.67. The second-order valence-electron chi connectivity index (χ2n) is 7.24. The second-order valence-corrected chi connectivity index (χ2v) is 7.24. The maximum atomic E-state index is 12.2. The molecular formula is C19H19N5O6. The van der Waals surface area contributed by atoms with E-state index in [-0.39, 0.29) is 17.0 Å². The lowest BCUT2D eigenvalue weighted by Crippen LogP contribution is -2.27. The Morgan fingerprint density at radius 1 is 1.00 bits per heavy atom. The number of nitrogens with one attached hydrogen (secondary N) is 2. The van der Waals surface area contributed by atoms with Gasteiger partial charge < -0.3 is 5.32 Å². The van der Waals surface area contributed by atoms with Gasteiger partial charge in [0.15, 0.2) is 0 Å². The van der Waals surface area contributed by atoms with Gasteiger partial charge in [-0.25, -0.2) is 5.43 Å². The minimum absolute atomic E-state index is 0.00820. The lowest BCUT2D eigenvalue weighted by atomic mass is 9.95. The van der Waals surface area contributed by atoms with Gasteiger partial charge in [-0.05, 0) is 30.3 Å². The fourth-order valence-corrected chi connectivity index (χ4v) is 2.16. The number of rotatable bonds is 6. The Balaban J connectivity index is 2.07. The molecule has 156 valence electrons. The molecule has 0 radical (unpaired) electrons. The first-order valence-corrected chi connectivity index (χ1v) is 8.67. The lowest BCUT2D eigenvalue weighted by molar-refractivity contribution is -0.394. The number of anilines is 1. The molecule has 2 aromatic rings. The Labute approximate surface area is 171 Å². The van der Waals surface area contributed by atoms with Crippen LogP contribution in [0.25, 0.3) is 0 Å². The van der Waals surface area contributed by atoms with Crippen LogP contribution < -0.4 is 10.7 Å². The third-order valence-corrected chi connectivity index (χ3v) is 3.88. The van der Waals surface area contributed by atoms with Crippen LogP contribution in [0.2, 0.25) is 0 Å². The second kappa shape index (κ2) is 8.90. The molecule has 30 heavy (non-hydrogen) atoms. The fraction of sp³-hybridized carbons (Fsp3) is 0.211. The normalized spacial score (nSPS) is 11.2.